The highest BCUT2D eigenvalue weighted by Crippen LogP contribution is 2.24. The fraction of sp³-hybridized carbons (Fsp3) is 0.0667. The fourth-order valence-electron chi connectivity index (χ4n) is 1.68. The zero-order chi connectivity index (χ0) is 13.7. The number of hydrogen-bond acceptors (Lipinski definition) is 2. The summed E-state index contributed by atoms with van der Waals surface area (Å²) < 4.78 is 0. The highest BCUT2D eigenvalue weighted by Gasteiger charge is 2.01. The van der Waals surface area contributed by atoms with E-state index in [2.05, 4.69) is 4.99 Å². The number of hydrogen-bond donors (Lipinski definition) is 2. The summed E-state index contributed by atoms with van der Waals surface area (Å²) in [4.78, 5) is 4.05. The van der Waals surface area contributed by atoms with Gasteiger partial charge in [0, 0.05) is 16.8 Å². The number of aliphatic imine (C=N–C) groups is 1. The van der Waals surface area contributed by atoms with Crippen molar-refractivity contribution in [2.45, 2.75) is 0 Å². The molecule has 0 spiro atoms. The van der Waals surface area contributed by atoms with E-state index in [1.54, 1.807) is 6.21 Å². The Morgan fingerprint density at radius 2 is 1.89 bits per heavy atom. The van der Waals surface area contributed by atoms with Crippen molar-refractivity contribution >= 4 is 23.7 Å². The van der Waals surface area contributed by atoms with Gasteiger partial charge in [0.25, 0.3) is 0 Å². The van der Waals surface area contributed by atoms with Crippen LogP contribution >= 0.6 is 11.6 Å². The van der Waals surface area contributed by atoms with Crippen molar-refractivity contribution in [2.75, 3.05) is 6.54 Å². The van der Waals surface area contributed by atoms with Crippen molar-refractivity contribution in [3.8, 4) is 11.1 Å². The Morgan fingerprint density at radius 3 is 2.53 bits per heavy atom. The Morgan fingerprint density at radius 1 is 1.16 bits per heavy atom. The average Bonchev–Trinajstić information content (AvgIpc) is 2.41. The number of rotatable bonds is 4. The van der Waals surface area contributed by atoms with Crippen molar-refractivity contribution < 1.29 is 0 Å². The van der Waals surface area contributed by atoms with Crippen molar-refractivity contribution in [3.63, 3.8) is 0 Å². The molecule has 0 aromatic heterocycles. The lowest BCUT2D eigenvalue weighted by atomic mass is 10.0. The first-order valence-corrected chi connectivity index (χ1v) is 6.22. The minimum atomic E-state index is 0.0354. The highest BCUT2D eigenvalue weighted by molar-refractivity contribution is 6.33. The molecule has 0 amide bonds. The van der Waals surface area contributed by atoms with Gasteiger partial charge in [0.15, 0.2) is 0 Å². The van der Waals surface area contributed by atoms with Crippen molar-refractivity contribution in [1.29, 1.82) is 5.41 Å². The van der Waals surface area contributed by atoms with Gasteiger partial charge in [-0.25, -0.2) is 0 Å². The van der Waals surface area contributed by atoms with Crippen molar-refractivity contribution in [1.82, 2.24) is 0 Å². The van der Waals surface area contributed by atoms with Crippen molar-refractivity contribution in [3.05, 3.63) is 59.1 Å². The monoisotopic (exact) mass is 271 g/mol. The molecule has 2 aromatic carbocycles. The van der Waals surface area contributed by atoms with Crippen LogP contribution in [0.1, 0.15) is 5.56 Å². The SMILES string of the molecule is N=C(N)CN=Cc1ccc(-c2ccccc2)cc1Cl. The van der Waals surface area contributed by atoms with Crippen molar-refractivity contribution in [2.24, 2.45) is 10.7 Å². The predicted molar refractivity (Wildman–Crippen MR) is 81.3 cm³/mol. The van der Waals surface area contributed by atoms with E-state index in [1.807, 2.05) is 48.5 Å². The minimum absolute atomic E-state index is 0.0354. The molecule has 0 saturated heterocycles. The van der Waals surface area contributed by atoms with E-state index in [0.29, 0.717) is 5.02 Å². The summed E-state index contributed by atoms with van der Waals surface area (Å²) in [5.41, 5.74) is 8.24. The van der Waals surface area contributed by atoms with Gasteiger partial charge >= 0.3 is 0 Å². The van der Waals surface area contributed by atoms with Gasteiger partial charge in [-0.2, -0.15) is 0 Å². The average molecular weight is 272 g/mol. The summed E-state index contributed by atoms with van der Waals surface area (Å²) in [6.07, 6.45) is 1.64. The Kier molecular flexibility index (Phi) is 4.31. The number of nitrogens with one attached hydrogen (secondary N) is 1. The van der Waals surface area contributed by atoms with E-state index in [9.17, 15) is 0 Å². The highest BCUT2D eigenvalue weighted by atomic mass is 35.5. The standard InChI is InChI=1S/C15H14ClN3/c16-14-8-12(11-4-2-1-3-5-11)6-7-13(14)9-19-10-15(17)18/h1-9H,10H2,(H3,17,18). The van der Waals surface area contributed by atoms with Gasteiger partial charge in [0.2, 0.25) is 0 Å². The van der Waals surface area contributed by atoms with E-state index in [1.165, 1.54) is 0 Å². The quantitative estimate of drug-likeness (QED) is 0.650. The second kappa shape index (κ2) is 6.16. The molecular weight excluding hydrogens is 258 g/mol. The number of halogens is 1. The summed E-state index contributed by atoms with van der Waals surface area (Å²) in [5.74, 6) is 0.0354. The second-order valence-electron chi connectivity index (χ2n) is 4.10. The normalized spacial score (nSPS) is 10.8. The van der Waals surface area contributed by atoms with Gasteiger partial charge < -0.3 is 5.73 Å². The van der Waals surface area contributed by atoms with Crippen LogP contribution in [0.25, 0.3) is 11.1 Å². The van der Waals surface area contributed by atoms with Gasteiger partial charge in [-0.05, 0) is 17.2 Å². The summed E-state index contributed by atoms with van der Waals surface area (Å²) >= 11 is 6.22. The van der Waals surface area contributed by atoms with Crippen LogP contribution < -0.4 is 5.73 Å². The van der Waals surface area contributed by atoms with Crippen LogP contribution in [0.5, 0.6) is 0 Å². The van der Waals surface area contributed by atoms with Gasteiger partial charge in [-0.3, -0.25) is 10.4 Å². The maximum absolute atomic E-state index is 7.09. The Balaban J connectivity index is 2.23. The molecule has 3 N–H and O–H groups in total. The lowest BCUT2D eigenvalue weighted by molar-refractivity contribution is 1.24. The summed E-state index contributed by atoms with van der Waals surface area (Å²) in [6, 6.07) is 15.9. The molecule has 2 rings (SSSR count). The molecule has 0 aliphatic heterocycles. The number of benzene rings is 2. The van der Waals surface area contributed by atoms with Crippen LogP contribution in [0, 0.1) is 5.41 Å². The molecule has 2 aromatic rings. The van der Waals surface area contributed by atoms with Crippen LogP contribution in [0.3, 0.4) is 0 Å². The van der Waals surface area contributed by atoms with Gasteiger partial charge in [0.1, 0.15) is 5.84 Å². The molecule has 0 atom stereocenters. The van der Waals surface area contributed by atoms with Gasteiger partial charge in [0.05, 0.1) is 6.54 Å². The molecule has 0 saturated carbocycles. The number of nitrogens with two attached hydrogens (primary N) is 1. The first-order chi connectivity index (χ1) is 9.16. The molecule has 0 aliphatic carbocycles. The maximum atomic E-state index is 7.09. The first-order valence-electron chi connectivity index (χ1n) is 5.84. The van der Waals surface area contributed by atoms with Crippen LogP contribution in [0.4, 0.5) is 0 Å². The van der Waals surface area contributed by atoms with E-state index in [4.69, 9.17) is 22.7 Å². The molecule has 0 unspecified atom stereocenters. The molecular formula is C15H14ClN3. The zero-order valence-corrected chi connectivity index (χ0v) is 11.1. The molecule has 4 heteroatoms. The van der Waals surface area contributed by atoms with Crippen LogP contribution in [-0.4, -0.2) is 18.6 Å². The number of nitrogens with zero attached hydrogens (tertiary/aromatic N) is 1. The Bertz CT molecular complexity index is 606. The van der Waals surface area contributed by atoms with E-state index in [-0.39, 0.29) is 12.4 Å². The van der Waals surface area contributed by atoms with Crippen LogP contribution in [0.15, 0.2) is 53.5 Å². The van der Waals surface area contributed by atoms with E-state index in [0.717, 1.165) is 16.7 Å². The molecule has 96 valence electrons. The summed E-state index contributed by atoms with van der Waals surface area (Å²) in [5, 5.41) is 7.72. The van der Waals surface area contributed by atoms with E-state index >= 15 is 0 Å². The Labute approximate surface area is 117 Å². The van der Waals surface area contributed by atoms with Gasteiger partial charge in [-0.1, -0.05) is 54.1 Å². The molecule has 0 radical (unpaired) electrons. The largest absolute Gasteiger partial charge is 0.386 e. The maximum Gasteiger partial charge on any atom is 0.113 e. The third-order valence-electron chi connectivity index (χ3n) is 2.60. The summed E-state index contributed by atoms with van der Waals surface area (Å²) in [7, 11) is 0. The molecule has 0 fully saturated rings. The third-order valence-corrected chi connectivity index (χ3v) is 2.93. The molecule has 3 nitrogen and oxygen atoms in total. The lowest BCUT2D eigenvalue weighted by Crippen LogP contribution is -2.13. The fourth-order valence-corrected chi connectivity index (χ4v) is 1.91. The molecule has 0 bridgehead atoms. The topological polar surface area (TPSA) is 62.2 Å². The smallest absolute Gasteiger partial charge is 0.113 e. The predicted octanol–water partition coefficient (Wildman–Crippen LogP) is 3.36. The summed E-state index contributed by atoms with van der Waals surface area (Å²) in [6.45, 7) is 0.191. The van der Waals surface area contributed by atoms with Gasteiger partial charge in [-0.15, -0.1) is 0 Å². The third kappa shape index (κ3) is 3.66. The second-order valence-corrected chi connectivity index (χ2v) is 4.50. The minimum Gasteiger partial charge on any atom is -0.386 e. The molecule has 0 aliphatic rings. The van der Waals surface area contributed by atoms with Crippen LogP contribution in [-0.2, 0) is 0 Å². The van der Waals surface area contributed by atoms with E-state index < -0.39 is 0 Å². The van der Waals surface area contributed by atoms with Crippen LogP contribution in [0.2, 0.25) is 5.02 Å². The lowest BCUT2D eigenvalue weighted by Gasteiger charge is -2.04. The zero-order valence-electron chi connectivity index (χ0n) is 10.3. The molecule has 19 heavy (non-hydrogen) atoms. The molecule has 0 heterocycles. The Hall–Kier alpha value is -2.13. The number of amidine groups is 1. The first kappa shape index (κ1) is 13.3.